The summed E-state index contributed by atoms with van der Waals surface area (Å²) in [5.41, 5.74) is -0.626. The predicted molar refractivity (Wildman–Crippen MR) is 67.5 cm³/mol. The van der Waals surface area contributed by atoms with Gasteiger partial charge in [-0.05, 0) is 24.1 Å². The molecule has 0 saturated heterocycles. The Morgan fingerprint density at radius 2 is 1.95 bits per heavy atom. The lowest BCUT2D eigenvalue weighted by molar-refractivity contribution is -0.140. The van der Waals surface area contributed by atoms with Gasteiger partial charge in [-0.15, -0.1) is 0 Å². The van der Waals surface area contributed by atoms with Crippen LogP contribution in [0.25, 0.3) is 0 Å². The summed E-state index contributed by atoms with van der Waals surface area (Å²) in [6.45, 7) is 0. The van der Waals surface area contributed by atoms with E-state index in [1.807, 2.05) is 0 Å². The number of halogens is 1. The molecule has 0 spiro atoms. The van der Waals surface area contributed by atoms with E-state index in [1.54, 1.807) is 6.07 Å². The fourth-order valence-electron chi connectivity index (χ4n) is 1.68. The SMILES string of the molecule is COC(=O)C(Cc1cccc(F)c1)P(=O)(OC)OC. The van der Waals surface area contributed by atoms with Gasteiger partial charge >= 0.3 is 13.6 Å². The van der Waals surface area contributed by atoms with Gasteiger partial charge < -0.3 is 13.8 Å². The molecule has 106 valence electrons. The van der Waals surface area contributed by atoms with Crippen molar-refractivity contribution in [1.82, 2.24) is 0 Å². The Balaban J connectivity index is 3.06. The molecule has 0 fully saturated rings. The highest BCUT2D eigenvalue weighted by Crippen LogP contribution is 2.53. The lowest BCUT2D eigenvalue weighted by atomic mass is 10.1. The standard InChI is InChI=1S/C12H16FO5P/c1-16-12(14)11(19(15,17-2)18-3)8-9-5-4-6-10(13)7-9/h4-7,11H,8H2,1-3H3. The number of rotatable bonds is 6. The van der Waals surface area contributed by atoms with E-state index < -0.39 is 25.0 Å². The topological polar surface area (TPSA) is 61.8 Å². The van der Waals surface area contributed by atoms with E-state index in [0.717, 1.165) is 0 Å². The highest BCUT2D eigenvalue weighted by molar-refractivity contribution is 7.55. The van der Waals surface area contributed by atoms with Crippen molar-refractivity contribution >= 4 is 13.6 Å². The first-order valence-electron chi connectivity index (χ1n) is 5.50. The third kappa shape index (κ3) is 3.86. The first-order valence-corrected chi connectivity index (χ1v) is 7.11. The van der Waals surface area contributed by atoms with Crippen molar-refractivity contribution in [2.45, 2.75) is 12.1 Å². The van der Waals surface area contributed by atoms with Gasteiger partial charge in [-0.25, -0.2) is 4.39 Å². The minimum atomic E-state index is -3.64. The molecule has 0 amide bonds. The van der Waals surface area contributed by atoms with Gasteiger partial charge in [0.25, 0.3) is 0 Å². The van der Waals surface area contributed by atoms with Gasteiger partial charge in [-0.1, -0.05) is 12.1 Å². The molecule has 1 aromatic rings. The zero-order chi connectivity index (χ0) is 14.5. The molecule has 1 unspecified atom stereocenters. The first kappa shape index (κ1) is 15.8. The van der Waals surface area contributed by atoms with Gasteiger partial charge in [0.1, 0.15) is 5.82 Å². The first-order chi connectivity index (χ1) is 8.96. The van der Waals surface area contributed by atoms with E-state index in [2.05, 4.69) is 4.74 Å². The van der Waals surface area contributed by atoms with E-state index in [9.17, 15) is 13.8 Å². The van der Waals surface area contributed by atoms with Crippen LogP contribution in [0.3, 0.4) is 0 Å². The molecular weight excluding hydrogens is 274 g/mol. The average Bonchev–Trinajstić information content (AvgIpc) is 2.43. The van der Waals surface area contributed by atoms with Crippen molar-refractivity contribution in [3.05, 3.63) is 35.6 Å². The van der Waals surface area contributed by atoms with Crippen molar-refractivity contribution in [2.75, 3.05) is 21.3 Å². The summed E-state index contributed by atoms with van der Waals surface area (Å²) in [6, 6.07) is 5.66. The van der Waals surface area contributed by atoms with Crippen molar-refractivity contribution < 1.29 is 27.5 Å². The molecule has 0 radical (unpaired) electrons. The largest absolute Gasteiger partial charge is 0.468 e. The van der Waals surface area contributed by atoms with Gasteiger partial charge in [0, 0.05) is 14.2 Å². The summed E-state index contributed by atoms with van der Waals surface area (Å²) in [5.74, 6) is -1.16. The summed E-state index contributed by atoms with van der Waals surface area (Å²) in [7, 11) is -0.0917. The minimum absolute atomic E-state index is 0.00336. The van der Waals surface area contributed by atoms with Crippen LogP contribution in [0, 0.1) is 5.82 Å². The monoisotopic (exact) mass is 290 g/mol. The van der Waals surface area contributed by atoms with Gasteiger partial charge in [-0.2, -0.15) is 0 Å². The van der Waals surface area contributed by atoms with Crippen LogP contribution in [0.1, 0.15) is 5.56 Å². The number of benzene rings is 1. The quantitative estimate of drug-likeness (QED) is 0.594. The molecule has 0 aliphatic rings. The van der Waals surface area contributed by atoms with Crippen LogP contribution < -0.4 is 0 Å². The molecule has 19 heavy (non-hydrogen) atoms. The highest BCUT2D eigenvalue weighted by Gasteiger charge is 2.40. The van der Waals surface area contributed by atoms with Gasteiger partial charge in [-0.3, -0.25) is 9.36 Å². The van der Waals surface area contributed by atoms with Crippen LogP contribution in [0.4, 0.5) is 4.39 Å². The molecule has 0 aliphatic heterocycles. The third-order valence-electron chi connectivity index (χ3n) is 2.68. The van der Waals surface area contributed by atoms with Crippen molar-refractivity contribution in [3.8, 4) is 0 Å². The van der Waals surface area contributed by atoms with Crippen LogP contribution in [-0.4, -0.2) is 33.0 Å². The zero-order valence-electron chi connectivity index (χ0n) is 11.0. The Labute approximate surface area is 111 Å². The van der Waals surface area contributed by atoms with Crippen molar-refractivity contribution in [3.63, 3.8) is 0 Å². The van der Waals surface area contributed by atoms with E-state index in [4.69, 9.17) is 9.05 Å². The van der Waals surface area contributed by atoms with Crippen LogP contribution >= 0.6 is 7.60 Å². The molecule has 5 nitrogen and oxygen atoms in total. The maximum Gasteiger partial charge on any atom is 0.344 e. The number of esters is 1. The van der Waals surface area contributed by atoms with Gasteiger partial charge in [0.05, 0.1) is 7.11 Å². The molecule has 7 heteroatoms. The second-order valence-corrected chi connectivity index (χ2v) is 6.21. The third-order valence-corrected chi connectivity index (χ3v) is 4.86. The smallest absolute Gasteiger partial charge is 0.344 e. The van der Waals surface area contributed by atoms with Crippen LogP contribution in [0.15, 0.2) is 24.3 Å². The molecule has 0 saturated carbocycles. The summed E-state index contributed by atoms with van der Waals surface area (Å²) in [4.78, 5) is 11.7. The van der Waals surface area contributed by atoms with Crippen molar-refractivity contribution in [1.29, 1.82) is 0 Å². The lowest BCUT2D eigenvalue weighted by Crippen LogP contribution is -2.26. The number of hydrogen-bond donors (Lipinski definition) is 0. The Kier molecular flexibility index (Phi) is 5.66. The molecule has 0 aliphatic carbocycles. The fourth-order valence-corrected chi connectivity index (χ4v) is 3.13. The van der Waals surface area contributed by atoms with Crippen molar-refractivity contribution in [2.24, 2.45) is 0 Å². The molecule has 0 bridgehead atoms. The number of ether oxygens (including phenoxy) is 1. The molecule has 0 N–H and O–H groups in total. The summed E-state index contributed by atoms with van der Waals surface area (Å²) >= 11 is 0. The Hall–Kier alpha value is -1.23. The van der Waals surface area contributed by atoms with E-state index in [0.29, 0.717) is 5.56 Å². The molecule has 0 heterocycles. The summed E-state index contributed by atoms with van der Waals surface area (Å²) in [5, 5.41) is 0. The Bertz CT molecular complexity index is 483. The highest BCUT2D eigenvalue weighted by atomic mass is 31.2. The van der Waals surface area contributed by atoms with Crippen LogP contribution in [-0.2, 0) is 29.6 Å². The normalized spacial score (nSPS) is 13.1. The maximum absolute atomic E-state index is 13.1. The number of hydrogen-bond acceptors (Lipinski definition) is 5. The lowest BCUT2D eigenvalue weighted by Gasteiger charge is -2.22. The van der Waals surface area contributed by atoms with Crippen LogP contribution in [0.5, 0.6) is 0 Å². The van der Waals surface area contributed by atoms with Gasteiger partial charge in [0.2, 0.25) is 0 Å². The average molecular weight is 290 g/mol. The minimum Gasteiger partial charge on any atom is -0.468 e. The van der Waals surface area contributed by atoms with E-state index >= 15 is 0 Å². The maximum atomic E-state index is 13.1. The zero-order valence-corrected chi connectivity index (χ0v) is 11.9. The second kappa shape index (κ2) is 6.80. The van der Waals surface area contributed by atoms with E-state index in [-0.39, 0.29) is 6.42 Å². The second-order valence-electron chi connectivity index (χ2n) is 3.78. The predicted octanol–water partition coefficient (Wildman–Crippen LogP) is 2.40. The molecule has 1 rings (SSSR count). The molecule has 1 aromatic carbocycles. The Morgan fingerprint density at radius 1 is 1.32 bits per heavy atom. The fraction of sp³-hybridized carbons (Fsp3) is 0.417. The number of methoxy groups -OCH3 is 1. The Morgan fingerprint density at radius 3 is 2.42 bits per heavy atom. The van der Waals surface area contributed by atoms with E-state index in [1.165, 1.54) is 39.5 Å². The van der Waals surface area contributed by atoms with Gasteiger partial charge in [0.15, 0.2) is 5.66 Å². The summed E-state index contributed by atoms with van der Waals surface area (Å²) in [6.07, 6.45) is 0.00336. The summed E-state index contributed by atoms with van der Waals surface area (Å²) < 4.78 is 39.6. The number of carbonyl (C=O) groups excluding carboxylic acids is 1. The molecule has 0 aromatic heterocycles. The number of carbonyl (C=O) groups is 1. The van der Waals surface area contributed by atoms with Crippen LogP contribution in [0.2, 0.25) is 0 Å². The molecular formula is C12H16FO5P. The molecule has 1 atom stereocenters.